The van der Waals surface area contributed by atoms with Crippen molar-refractivity contribution in [2.75, 3.05) is 5.32 Å². The first-order chi connectivity index (χ1) is 13.5. The zero-order valence-electron chi connectivity index (χ0n) is 15.4. The van der Waals surface area contributed by atoms with E-state index < -0.39 is 0 Å². The summed E-state index contributed by atoms with van der Waals surface area (Å²) in [6, 6.07) is 12.8. The number of fused-ring (bicyclic) bond motifs is 1. The molecule has 7 heteroatoms. The number of carbonyl (C=O) groups is 1. The highest BCUT2D eigenvalue weighted by Gasteiger charge is 2.19. The number of urea groups is 1. The van der Waals surface area contributed by atoms with Crippen LogP contribution in [0.3, 0.4) is 0 Å². The molecule has 2 N–H and O–H groups in total. The Hall–Kier alpha value is -3.61. The number of hydrogen-bond acceptors (Lipinski definition) is 3. The molecule has 1 atom stereocenters. The van der Waals surface area contributed by atoms with Gasteiger partial charge in [0.05, 0.1) is 11.7 Å². The Kier molecular flexibility index (Phi) is 4.57. The first-order valence-electron chi connectivity index (χ1n) is 8.87. The van der Waals surface area contributed by atoms with Crippen LogP contribution in [-0.2, 0) is 0 Å². The summed E-state index contributed by atoms with van der Waals surface area (Å²) >= 11 is 0. The van der Waals surface area contributed by atoms with Gasteiger partial charge in [0.15, 0.2) is 0 Å². The number of nitrogens with one attached hydrogen (secondary N) is 2. The molecule has 2 amide bonds. The Morgan fingerprint density at radius 2 is 2.00 bits per heavy atom. The molecule has 2 aromatic heterocycles. The third-order valence-electron chi connectivity index (χ3n) is 4.57. The predicted octanol–water partition coefficient (Wildman–Crippen LogP) is 4.95. The molecule has 0 spiro atoms. The van der Waals surface area contributed by atoms with Gasteiger partial charge in [-0.2, -0.15) is 5.10 Å². The fourth-order valence-electron chi connectivity index (χ4n) is 3.17. The van der Waals surface area contributed by atoms with E-state index in [2.05, 4.69) is 15.7 Å². The van der Waals surface area contributed by atoms with Crippen LogP contribution in [0.2, 0.25) is 0 Å². The lowest BCUT2D eigenvalue weighted by atomic mass is 10.1. The smallest absolute Gasteiger partial charge is 0.319 e. The Morgan fingerprint density at radius 1 is 1.21 bits per heavy atom. The average molecular weight is 378 g/mol. The Labute approximate surface area is 161 Å². The normalized spacial score (nSPS) is 12.1. The summed E-state index contributed by atoms with van der Waals surface area (Å²) in [4.78, 5) is 12.3. The molecular weight excluding hydrogens is 359 g/mol. The maximum Gasteiger partial charge on any atom is 0.319 e. The predicted molar refractivity (Wildman–Crippen MR) is 105 cm³/mol. The van der Waals surface area contributed by atoms with Crippen molar-refractivity contribution in [1.82, 2.24) is 15.1 Å². The Morgan fingerprint density at radius 3 is 2.71 bits per heavy atom. The molecule has 0 saturated carbocycles. The van der Waals surface area contributed by atoms with E-state index in [-0.39, 0.29) is 17.9 Å². The van der Waals surface area contributed by atoms with Crippen LogP contribution in [-0.4, -0.2) is 15.8 Å². The summed E-state index contributed by atoms with van der Waals surface area (Å²) in [6.45, 7) is 3.67. The van der Waals surface area contributed by atoms with E-state index in [1.54, 1.807) is 29.1 Å². The largest absolute Gasteiger partial charge is 0.459 e. The van der Waals surface area contributed by atoms with Crippen molar-refractivity contribution in [2.45, 2.75) is 19.9 Å². The van der Waals surface area contributed by atoms with E-state index >= 15 is 0 Å². The van der Waals surface area contributed by atoms with E-state index in [9.17, 15) is 9.18 Å². The van der Waals surface area contributed by atoms with Crippen molar-refractivity contribution in [1.29, 1.82) is 0 Å². The van der Waals surface area contributed by atoms with Crippen molar-refractivity contribution < 1.29 is 13.6 Å². The highest BCUT2D eigenvalue weighted by atomic mass is 19.1. The number of nitrogens with zero attached hydrogens (tertiary/aromatic N) is 2. The summed E-state index contributed by atoms with van der Waals surface area (Å²) in [7, 11) is 0. The standard InChI is InChI=1S/C21H19FN4O2/c1-13-18-12-15(22)4-9-19(18)28-20(13)14(2)24-21(27)25-16-5-7-17(8-6-16)26-11-3-10-23-26/h3-12,14H,1-2H3,(H2,24,25,27). The van der Waals surface area contributed by atoms with E-state index in [4.69, 9.17) is 4.42 Å². The highest BCUT2D eigenvalue weighted by Crippen LogP contribution is 2.30. The zero-order valence-corrected chi connectivity index (χ0v) is 15.4. The quantitative estimate of drug-likeness (QED) is 0.528. The molecule has 4 rings (SSSR count). The van der Waals surface area contributed by atoms with Gasteiger partial charge in [-0.25, -0.2) is 13.9 Å². The van der Waals surface area contributed by atoms with Crippen molar-refractivity contribution in [3.63, 3.8) is 0 Å². The van der Waals surface area contributed by atoms with Gasteiger partial charge in [0.25, 0.3) is 0 Å². The van der Waals surface area contributed by atoms with Crippen LogP contribution in [0, 0.1) is 12.7 Å². The van der Waals surface area contributed by atoms with Gasteiger partial charge >= 0.3 is 6.03 Å². The number of aromatic nitrogens is 2. The van der Waals surface area contributed by atoms with Gasteiger partial charge in [-0.15, -0.1) is 0 Å². The first-order valence-corrected chi connectivity index (χ1v) is 8.87. The van der Waals surface area contributed by atoms with Crippen molar-refractivity contribution >= 4 is 22.7 Å². The molecular formula is C21H19FN4O2. The summed E-state index contributed by atoms with van der Waals surface area (Å²) in [5.74, 6) is 0.282. The second kappa shape index (κ2) is 7.19. The van der Waals surface area contributed by atoms with Crippen molar-refractivity contribution in [2.24, 2.45) is 0 Å². The molecule has 0 aliphatic carbocycles. The molecule has 0 aliphatic heterocycles. The zero-order chi connectivity index (χ0) is 19.7. The molecule has 0 aliphatic rings. The van der Waals surface area contributed by atoms with Crippen LogP contribution in [0.1, 0.15) is 24.3 Å². The molecule has 1 unspecified atom stereocenters. The van der Waals surface area contributed by atoms with Gasteiger partial charge in [0, 0.05) is 29.0 Å². The molecule has 0 radical (unpaired) electrons. The second-order valence-electron chi connectivity index (χ2n) is 6.55. The second-order valence-corrected chi connectivity index (χ2v) is 6.55. The van der Waals surface area contributed by atoms with Gasteiger partial charge in [-0.1, -0.05) is 0 Å². The van der Waals surface area contributed by atoms with Crippen LogP contribution in [0.4, 0.5) is 14.9 Å². The third kappa shape index (κ3) is 3.46. The minimum absolute atomic E-state index is 0.320. The Balaban J connectivity index is 1.44. The summed E-state index contributed by atoms with van der Waals surface area (Å²) in [6.07, 6.45) is 3.55. The number of furan rings is 1. The molecule has 6 nitrogen and oxygen atoms in total. The number of benzene rings is 2. The van der Waals surface area contributed by atoms with Crippen LogP contribution in [0.5, 0.6) is 0 Å². The topological polar surface area (TPSA) is 72.1 Å². The van der Waals surface area contributed by atoms with Crippen LogP contribution >= 0.6 is 0 Å². The van der Waals surface area contributed by atoms with Crippen LogP contribution < -0.4 is 10.6 Å². The number of aryl methyl sites for hydroxylation is 1. The van der Waals surface area contributed by atoms with E-state index in [1.807, 2.05) is 38.2 Å². The van der Waals surface area contributed by atoms with Gasteiger partial charge < -0.3 is 15.1 Å². The van der Waals surface area contributed by atoms with E-state index in [1.165, 1.54) is 12.1 Å². The van der Waals surface area contributed by atoms with Gasteiger partial charge in [0.1, 0.15) is 17.2 Å². The molecule has 0 saturated heterocycles. The van der Waals surface area contributed by atoms with Gasteiger partial charge in [-0.05, 0) is 62.4 Å². The molecule has 0 fully saturated rings. The number of anilines is 1. The molecule has 28 heavy (non-hydrogen) atoms. The molecule has 0 bridgehead atoms. The number of amides is 2. The molecule has 2 heterocycles. The minimum Gasteiger partial charge on any atom is -0.459 e. The molecule has 4 aromatic rings. The highest BCUT2D eigenvalue weighted by molar-refractivity contribution is 5.90. The fourth-order valence-corrected chi connectivity index (χ4v) is 3.17. The van der Waals surface area contributed by atoms with E-state index in [0.29, 0.717) is 22.4 Å². The SMILES string of the molecule is Cc1c(C(C)NC(=O)Nc2ccc(-n3cccn3)cc2)oc2ccc(F)cc12. The number of rotatable bonds is 4. The lowest BCUT2D eigenvalue weighted by molar-refractivity contribution is 0.248. The molecule has 142 valence electrons. The van der Waals surface area contributed by atoms with Gasteiger partial charge in [-0.3, -0.25) is 0 Å². The lowest BCUT2D eigenvalue weighted by Gasteiger charge is -2.14. The maximum absolute atomic E-state index is 13.5. The fraction of sp³-hybridized carbons (Fsp3) is 0.143. The number of hydrogen-bond donors (Lipinski definition) is 2. The summed E-state index contributed by atoms with van der Waals surface area (Å²) in [5, 5.41) is 10.5. The monoisotopic (exact) mass is 378 g/mol. The summed E-state index contributed by atoms with van der Waals surface area (Å²) < 4.78 is 21.0. The number of halogens is 1. The van der Waals surface area contributed by atoms with E-state index in [0.717, 1.165) is 11.3 Å². The Bertz CT molecular complexity index is 1120. The van der Waals surface area contributed by atoms with Crippen LogP contribution in [0.25, 0.3) is 16.7 Å². The van der Waals surface area contributed by atoms with Crippen molar-refractivity contribution in [3.8, 4) is 5.69 Å². The minimum atomic E-state index is -0.376. The summed E-state index contributed by atoms with van der Waals surface area (Å²) in [5.41, 5.74) is 2.96. The first kappa shape index (κ1) is 17.8. The number of carbonyl (C=O) groups excluding carboxylic acids is 1. The van der Waals surface area contributed by atoms with Crippen LogP contribution in [0.15, 0.2) is 65.3 Å². The lowest BCUT2D eigenvalue weighted by Crippen LogP contribution is -2.31. The average Bonchev–Trinajstić information content (AvgIpc) is 3.31. The maximum atomic E-state index is 13.5. The third-order valence-corrected chi connectivity index (χ3v) is 4.57. The van der Waals surface area contributed by atoms with Crippen molar-refractivity contribution in [3.05, 3.63) is 78.1 Å². The van der Waals surface area contributed by atoms with Gasteiger partial charge in [0.2, 0.25) is 0 Å². The molecule has 2 aromatic carbocycles.